The summed E-state index contributed by atoms with van der Waals surface area (Å²) in [6, 6.07) is 6.23. The molecule has 3 rings (SSSR count). The van der Waals surface area contributed by atoms with Gasteiger partial charge in [0.15, 0.2) is 0 Å². The number of anilines is 2. The Balaban J connectivity index is 1.67. The van der Waals surface area contributed by atoms with Gasteiger partial charge in [-0.05, 0) is 30.2 Å². The molecule has 0 amide bonds. The summed E-state index contributed by atoms with van der Waals surface area (Å²) in [5.41, 5.74) is 1.28. The SMILES string of the molecule is CN(C)c1ccnc(N[C@H]2COC[C@H]2Cc2ccncc2)n1. The number of pyridine rings is 1. The summed E-state index contributed by atoms with van der Waals surface area (Å²) in [7, 11) is 3.94. The third-order valence-electron chi connectivity index (χ3n) is 3.86. The van der Waals surface area contributed by atoms with Gasteiger partial charge in [0, 0.05) is 38.6 Å². The van der Waals surface area contributed by atoms with Crippen LogP contribution in [-0.4, -0.2) is 48.3 Å². The highest BCUT2D eigenvalue weighted by Gasteiger charge is 2.29. The molecule has 1 saturated heterocycles. The van der Waals surface area contributed by atoms with E-state index in [0.717, 1.165) is 18.8 Å². The molecule has 116 valence electrons. The van der Waals surface area contributed by atoms with Crippen LogP contribution in [-0.2, 0) is 11.2 Å². The van der Waals surface area contributed by atoms with Crippen LogP contribution in [0.15, 0.2) is 36.8 Å². The zero-order valence-electron chi connectivity index (χ0n) is 12.9. The average molecular weight is 299 g/mol. The highest BCUT2D eigenvalue weighted by atomic mass is 16.5. The fourth-order valence-electron chi connectivity index (χ4n) is 2.61. The van der Waals surface area contributed by atoms with Gasteiger partial charge in [-0.1, -0.05) is 0 Å². The lowest BCUT2D eigenvalue weighted by Crippen LogP contribution is -2.30. The molecule has 0 radical (unpaired) electrons. The molecule has 0 spiro atoms. The normalized spacial score (nSPS) is 20.8. The molecular formula is C16H21N5O. The van der Waals surface area contributed by atoms with Crippen molar-refractivity contribution in [1.29, 1.82) is 0 Å². The van der Waals surface area contributed by atoms with Crippen molar-refractivity contribution in [2.75, 3.05) is 37.5 Å². The monoisotopic (exact) mass is 299 g/mol. The quantitative estimate of drug-likeness (QED) is 0.905. The molecule has 0 aromatic carbocycles. The molecule has 3 heterocycles. The standard InChI is InChI=1S/C16H21N5O/c1-21(2)15-5-8-18-16(20-15)19-14-11-22-10-13(14)9-12-3-6-17-7-4-12/h3-8,13-14H,9-11H2,1-2H3,(H,18,19,20)/t13-,14+/m1/s1. The Morgan fingerprint density at radius 3 is 2.77 bits per heavy atom. The Morgan fingerprint density at radius 2 is 2.00 bits per heavy atom. The first-order chi connectivity index (χ1) is 10.7. The first-order valence-electron chi connectivity index (χ1n) is 7.46. The van der Waals surface area contributed by atoms with Gasteiger partial charge in [-0.3, -0.25) is 4.98 Å². The Hall–Kier alpha value is -2.21. The van der Waals surface area contributed by atoms with Gasteiger partial charge in [0.05, 0.1) is 19.3 Å². The first kappa shape index (κ1) is 14.7. The summed E-state index contributed by atoms with van der Waals surface area (Å²) in [6.45, 7) is 1.44. The molecule has 0 bridgehead atoms. The third kappa shape index (κ3) is 3.51. The minimum absolute atomic E-state index is 0.227. The number of hydrogen-bond acceptors (Lipinski definition) is 6. The van der Waals surface area contributed by atoms with E-state index in [4.69, 9.17) is 4.74 Å². The van der Waals surface area contributed by atoms with Crippen molar-refractivity contribution in [3.63, 3.8) is 0 Å². The smallest absolute Gasteiger partial charge is 0.224 e. The largest absolute Gasteiger partial charge is 0.379 e. The van der Waals surface area contributed by atoms with Crippen molar-refractivity contribution >= 4 is 11.8 Å². The molecule has 2 atom stereocenters. The van der Waals surface area contributed by atoms with Crippen LogP contribution in [0.3, 0.4) is 0 Å². The van der Waals surface area contributed by atoms with Crippen LogP contribution in [0.1, 0.15) is 5.56 Å². The molecule has 2 aromatic heterocycles. The molecule has 1 aliphatic heterocycles. The maximum absolute atomic E-state index is 5.65. The summed E-state index contributed by atoms with van der Waals surface area (Å²) in [4.78, 5) is 14.9. The second-order valence-electron chi connectivity index (χ2n) is 5.74. The predicted octanol–water partition coefficient (Wildman–Crippen LogP) is 1.61. The van der Waals surface area contributed by atoms with Crippen LogP contribution in [0.4, 0.5) is 11.8 Å². The highest BCUT2D eigenvalue weighted by Crippen LogP contribution is 2.22. The summed E-state index contributed by atoms with van der Waals surface area (Å²) in [5, 5.41) is 3.42. The van der Waals surface area contributed by atoms with Gasteiger partial charge in [-0.15, -0.1) is 0 Å². The average Bonchev–Trinajstić information content (AvgIpc) is 2.95. The van der Waals surface area contributed by atoms with E-state index in [2.05, 4.69) is 32.4 Å². The molecule has 6 heteroatoms. The van der Waals surface area contributed by atoms with E-state index in [0.29, 0.717) is 18.5 Å². The van der Waals surface area contributed by atoms with E-state index < -0.39 is 0 Å². The molecule has 0 unspecified atom stereocenters. The Labute approximate surface area is 130 Å². The van der Waals surface area contributed by atoms with Gasteiger partial charge in [-0.2, -0.15) is 4.98 Å². The molecule has 0 saturated carbocycles. The minimum atomic E-state index is 0.227. The molecule has 1 aliphatic rings. The van der Waals surface area contributed by atoms with Crippen LogP contribution < -0.4 is 10.2 Å². The molecule has 0 aliphatic carbocycles. The molecule has 1 fully saturated rings. The maximum atomic E-state index is 5.65. The van der Waals surface area contributed by atoms with Crippen molar-refractivity contribution in [2.24, 2.45) is 5.92 Å². The fourth-order valence-corrected chi connectivity index (χ4v) is 2.61. The number of aromatic nitrogens is 3. The van der Waals surface area contributed by atoms with Crippen molar-refractivity contribution in [3.05, 3.63) is 42.4 Å². The van der Waals surface area contributed by atoms with Crippen LogP contribution in [0, 0.1) is 5.92 Å². The van der Waals surface area contributed by atoms with E-state index in [1.54, 1.807) is 6.20 Å². The van der Waals surface area contributed by atoms with Gasteiger partial charge >= 0.3 is 0 Å². The second kappa shape index (κ2) is 6.70. The summed E-state index contributed by atoms with van der Waals surface area (Å²) in [5.74, 6) is 1.96. The number of hydrogen-bond donors (Lipinski definition) is 1. The lowest BCUT2D eigenvalue weighted by molar-refractivity contribution is 0.185. The van der Waals surface area contributed by atoms with Gasteiger partial charge in [0.1, 0.15) is 5.82 Å². The molecule has 6 nitrogen and oxygen atoms in total. The lowest BCUT2D eigenvalue weighted by atomic mass is 9.95. The van der Waals surface area contributed by atoms with Crippen molar-refractivity contribution < 1.29 is 4.74 Å². The third-order valence-corrected chi connectivity index (χ3v) is 3.86. The highest BCUT2D eigenvalue weighted by molar-refractivity contribution is 5.41. The van der Waals surface area contributed by atoms with E-state index >= 15 is 0 Å². The minimum Gasteiger partial charge on any atom is -0.379 e. The number of rotatable bonds is 5. The predicted molar refractivity (Wildman–Crippen MR) is 86.0 cm³/mol. The summed E-state index contributed by atoms with van der Waals surface area (Å²) in [6.07, 6.45) is 6.40. The zero-order valence-corrected chi connectivity index (χ0v) is 12.9. The lowest BCUT2D eigenvalue weighted by Gasteiger charge is -2.20. The second-order valence-corrected chi connectivity index (χ2v) is 5.74. The molecule has 2 aromatic rings. The van der Waals surface area contributed by atoms with E-state index in [-0.39, 0.29) is 6.04 Å². The van der Waals surface area contributed by atoms with E-state index in [9.17, 15) is 0 Å². The van der Waals surface area contributed by atoms with E-state index in [1.165, 1.54) is 5.56 Å². The van der Waals surface area contributed by atoms with Crippen LogP contribution in [0.25, 0.3) is 0 Å². The number of nitrogens with one attached hydrogen (secondary N) is 1. The zero-order chi connectivity index (χ0) is 15.4. The topological polar surface area (TPSA) is 63.2 Å². The maximum Gasteiger partial charge on any atom is 0.224 e. The summed E-state index contributed by atoms with van der Waals surface area (Å²) < 4.78 is 5.65. The molecule has 1 N–H and O–H groups in total. The molecule has 22 heavy (non-hydrogen) atoms. The Bertz CT molecular complexity index is 604. The summed E-state index contributed by atoms with van der Waals surface area (Å²) >= 11 is 0. The number of nitrogens with zero attached hydrogens (tertiary/aromatic N) is 4. The van der Waals surface area contributed by atoms with Gasteiger partial charge < -0.3 is 15.0 Å². The van der Waals surface area contributed by atoms with Crippen LogP contribution in [0.5, 0.6) is 0 Å². The number of ether oxygens (including phenoxy) is 1. The first-order valence-corrected chi connectivity index (χ1v) is 7.46. The van der Waals surface area contributed by atoms with Crippen LogP contribution >= 0.6 is 0 Å². The van der Waals surface area contributed by atoms with Gasteiger partial charge in [-0.25, -0.2) is 4.98 Å². The van der Waals surface area contributed by atoms with Crippen LogP contribution in [0.2, 0.25) is 0 Å². The van der Waals surface area contributed by atoms with Crippen molar-refractivity contribution in [2.45, 2.75) is 12.5 Å². The van der Waals surface area contributed by atoms with Gasteiger partial charge in [0.25, 0.3) is 0 Å². The van der Waals surface area contributed by atoms with Crippen molar-refractivity contribution in [1.82, 2.24) is 15.0 Å². The Kier molecular flexibility index (Phi) is 4.48. The van der Waals surface area contributed by atoms with E-state index in [1.807, 2.05) is 37.5 Å². The Morgan fingerprint density at radius 1 is 1.18 bits per heavy atom. The van der Waals surface area contributed by atoms with Gasteiger partial charge in [0.2, 0.25) is 5.95 Å². The van der Waals surface area contributed by atoms with Crippen molar-refractivity contribution in [3.8, 4) is 0 Å². The fraction of sp³-hybridized carbons (Fsp3) is 0.438. The molecular weight excluding hydrogens is 278 g/mol.